The van der Waals surface area contributed by atoms with Gasteiger partial charge in [-0.25, -0.2) is 0 Å². The standard InChI is InChI=1S/C23H21N3O3/c1-28-21-12-8-20(9-13-21)26-23(27)18-4-6-19(7-5-18)25-14-15-29-22-10-2-17(16-24)3-11-22/h2-13,25H,14-15H2,1H3,(H,26,27). The molecule has 0 aliphatic heterocycles. The second-order valence-electron chi connectivity index (χ2n) is 6.17. The molecule has 3 rings (SSSR count). The minimum absolute atomic E-state index is 0.175. The van der Waals surface area contributed by atoms with E-state index in [1.807, 2.05) is 12.1 Å². The molecular weight excluding hydrogens is 366 g/mol. The number of methoxy groups -OCH3 is 1. The van der Waals surface area contributed by atoms with Crippen LogP contribution >= 0.6 is 0 Å². The summed E-state index contributed by atoms with van der Waals surface area (Å²) < 4.78 is 10.7. The smallest absolute Gasteiger partial charge is 0.255 e. The van der Waals surface area contributed by atoms with Crippen molar-refractivity contribution >= 4 is 17.3 Å². The van der Waals surface area contributed by atoms with Gasteiger partial charge in [0.2, 0.25) is 0 Å². The number of nitrogens with one attached hydrogen (secondary N) is 2. The van der Waals surface area contributed by atoms with E-state index in [1.165, 1.54) is 0 Å². The van der Waals surface area contributed by atoms with Crippen molar-refractivity contribution in [2.75, 3.05) is 30.9 Å². The van der Waals surface area contributed by atoms with Gasteiger partial charge in [0.1, 0.15) is 18.1 Å². The third kappa shape index (κ3) is 5.75. The molecule has 0 fully saturated rings. The zero-order valence-electron chi connectivity index (χ0n) is 16.0. The summed E-state index contributed by atoms with van der Waals surface area (Å²) in [7, 11) is 1.60. The van der Waals surface area contributed by atoms with Crippen LogP contribution in [0.2, 0.25) is 0 Å². The Balaban J connectivity index is 1.45. The maximum atomic E-state index is 12.3. The lowest BCUT2D eigenvalue weighted by Gasteiger charge is -2.10. The van der Waals surface area contributed by atoms with Crippen molar-refractivity contribution in [2.45, 2.75) is 0 Å². The second-order valence-corrected chi connectivity index (χ2v) is 6.17. The average molecular weight is 387 g/mol. The number of carbonyl (C=O) groups excluding carboxylic acids is 1. The zero-order valence-corrected chi connectivity index (χ0v) is 16.0. The SMILES string of the molecule is COc1ccc(NC(=O)c2ccc(NCCOc3ccc(C#N)cc3)cc2)cc1. The number of hydrogen-bond acceptors (Lipinski definition) is 5. The number of anilines is 2. The summed E-state index contributed by atoms with van der Waals surface area (Å²) in [5.41, 5.74) is 2.78. The van der Waals surface area contributed by atoms with Crippen LogP contribution in [-0.4, -0.2) is 26.2 Å². The van der Waals surface area contributed by atoms with Crippen molar-refractivity contribution < 1.29 is 14.3 Å². The van der Waals surface area contributed by atoms with E-state index in [4.69, 9.17) is 14.7 Å². The van der Waals surface area contributed by atoms with E-state index in [-0.39, 0.29) is 5.91 Å². The van der Waals surface area contributed by atoms with Gasteiger partial charge < -0.3 is 20.1 Å². The number of nitrogens with zero attached hydrogens (tertiary/aromatic N) is 1. The lowest BCUT2D eigenvalue weighted by Crippen LogP contribution is -2.13. The molecule has 2 N–H and O–H groups in total. The highest BCUT2D eigenvalue weighted by molar-refractivity contribution is 6.04. The Morgan fingerprint density at radius 3 is 2.14 bits per heavy atom. The lowest BCUT2D eigenvalue weighted by atomic mass is 10.2. The lowest BCUT2D eigenvalue weighted by molar-refractivity contribution is 0.102. The summed E-state index contributed by atoms with van der Waals surface area (Å²) in [6.07, 6.45) is 0. The van der Waals surface area contributed by atoms with Gasteiger partial charge in [-0.15, -0.1) is 0 Å². The molecule has 1 amide bonds. The van der Waals surface area contributed by atoms with Gasteiger partial charge in [0, 0.05) is 23.5 Å². The molecular formula is C23H21N3O3. The van der Waals surface area contributed by atoms with Gasteiger partial charge in [0.15, 0.2) is 0 Å². The topological polar surface area (TPSA) is 83.4 Å². The molecule has 6 heteroatoms. The van der Waals surface area contributed by atoms with Crippen LogP contribution in [-0.2, 0) is 0 Å². The predicted molar refractivity (Wildman–Crippen MR) is 113 cm³/mol. The Hall–Kier alpha value is -3.98. The third-order valence-corrected chi connectivity index (χ3v) is 4.18. The highest BCUT2D eigenvalue weighted by Crippen LogP contribution is 2.17. The fraction of sp³-hybridized carbons (Fsp3) is 0.130. The van der Waals surface area contributed by atoms with Crippen LogP contribution in [0.5, 0.6) is 11.5 Å². The highest BCUT2D eigenvalue weighted by atomic mass is 16.5. The van der Waals surface area contributed by atoms with Crippen molar-refractivity contribution in [3.8, 4) is 17.6 Å². The van der Waals surface area contributed by atoms with Crippen LogP contribution in [0, 0.1) is 11.3 Å². The van der Waals surface area contributed by atoms with Gasteiger partial charge in [0.05, 0.1) is 18.7 Å². The zero-order chi connectivity index (χ0) is 20.5. The van der Waals surface area contributed by atoms with Crippen LogP contribution < -0.4 is 20.1 Å². The maximum absolute atomic E-state index is 12.3. The van der Waals surface area contributed by atoms with E-state index in [0.717, 1.165) is 17.2 Å². The first-order valence-corrected chi connectivity index (χ1v) is 9.10. The molecule has 0 saturated carbocycles. The summed E-state index contributed by atoms with van der Waals surface area (Å²) in [6, 6.07) is 23.5. The van der Waals surface area contributed by atoms with E-state index >= 15 is 0 Å². The van der Waals surface area contributed by atoms with Crippen molar-refractivity contribution in [3.63, 3.8) is 0 Å². The number of benzene rings is 3. The molecule has 0 aliphatic rings. The fourth-order valence-electron chi connectivity index (χ4n) is 2.61. The summed E-state index contributed by atoms with van der Waals surface area (Å²) in [5.74, 6) is 1.28. The second kappa shape index (κ2) is 9.81. The molecule has 3 aromatic carbocycles. The molecule has 6 nitrogen and oxygen atoms in total. The van der Waals surface area contributed by atoms with Gasteiger partial charge >= 0.3 is 0 Å². The van der Waals surface area contributed by atoms with Gasteiger partial charge in [0.25, 0.3) is 5.91 Å². The normalized spacial score (nSPS) is 9.93. The molecule has 29 heavy (non-hydrogen) atoms. The van der Waals surface area contributed by atoms with Crippen LogP contribution in [0.1, 0.15) is 15.9 Å². The number of carbonyl (C=O) groups is 1. The Kier molecular flexibility index (Phi) is 6.69. The van der Waals surface area contributed by atoms with Crippen molar-refractivity contribution in [3.05, 3.63) is 83.9 Å². The van der Waals surface area contributed by atoms with Gasteiger partial charge in [-0.3, -0.25) is 4.79 Å². The average Bonchev–Trinajstić information content (AvgIpc) is 2.78. The van der Waals surface area contributed by atoms with Gasteiger partial charge in [-0.1, -0.05) is 0 Å². The Bertz CT molecular complexity index is 976. The van der Waals surface area contributed by atoms with Gasteiger partial charge in [-0.2, -0.15) is 5.26 Å². The molecule has 3 aromatic rings. The van der Waals surface area contributed by atoms with Crippen LogP contribution in [0.3, 0.4) is 0 Å². The van der Waals surface area contributed by atoms with Crippen LogP contribution in [0.15, 0.2) is 72.8 Å². The summed E-state index contributed by atoms with van der Waals surface area (Å²) in [4.78, 5) is 12.3. The minimum Gasteiger partial charge on any atom is -0.497 e. The first-order chi connectivity index (χ1) is 14.2. The summed E-state index contributed by atoms with van der Waals surface area (Å²) in [5, 5.41) is 14.9. The van der Waals surface area contributed by atoms with Crippen molar-refractivity contribution in [1.82, 2.24) is 0 Å². The quantitative estimate of drug-likeness (QED) is 0.563. The number of nitriles is 1. The monoisotopic (exact) mass is 387 g/mol. The van der Waals surface area contributed by atoms with E-state index in [0.29, 0.717) is 30.0 Å². The van der Waals surface area contributed by atoms with E-state index in [9.17, 15) is 4.79 Å². The first kappa shape index (κ1) is 19.8. The molecule has 0 aromatic heterocycles. The molecule has 146 valence electrons. The molecule has 0 atom stereocenters. The maximum Gasteiger partial charge on any atom is 0.255 e. The number of hydrogen-bond donors (Lipinski definition) is 2. The number of amides is 1. The Morgan fingerprint density at radius 1 is 0.897 bits per heavy atom. The van der Waals surface area contributed by atoms with Crippen LogP contribution in [0.4, 0.5) is 11.4 Å². The molecule has 0 aliphatic carbocycles. The number of rotatable bonds is 8. The largest absolute Gasteiger partial charge is 0.497 e. The highest BCUT2D eigenvalue weighted by Gasteiger charge is 2.06. The minimum atomic E-state index is -0.175. The fourth-order valence-corrected chi connectivity index (χ4v) is 2.61. The summed E-state index contributed by atoms with van der Waals surface area (Å²) >= 11 is 0. The molecule has 0 saturated heterocycles. The summed E-state index contributed by atoms with van der Waals surface area (Å²) in [6.45, 7) is 1.09. The van der Waals surface area contributed by atoms with E-state index < -0.39 is 0 Å². The first-order valence-electron chi connectivity index (χ1n) is 9.10. The molecule has 0 spiro atoms. The van der Waals surface area contributed by atoms with Crippen LogP contribution in [0.25, 0.3) is 0 Å². The number of ether oxygens (including phenoxy) is 2. The Morgan fingerprint density at radius 2 is 1.52 bits per heavy atom. The third-order valence-electron chi connectivity index (χ3n) is 4.18. The molecule has 0 unspecified atom stereocenters. The van der Waals surface area contributed by atoms with Crippen molar-refractivity contribution in [2.24, 2.45) is 0 Å². The van der Waals surface area contributed by atoms with E-state index in [2.05, 4.69) is 16.7 Å². The molecule has 0 radical (unpaired) electrons. The molecule has 0 heterocycles. The Labute approximate surface area is 169 Å². The predicted octanol–water partition coefficient (Wildman–Crippen LogP) is 4.31. The van der Waals surface area contributed by atoms with Crippen molar-refractivity contribution in [1.29, 1.82) is 5.26 Å². The molecule has 0 bridgehead atoms. The van der Waals surface area contributed by atoms with E-state index in [1.54, 1.807) is 67.8 Å². The van der Waals surface area contributed by atoms with Gasteiger partial charge in [-0.05, 0) is 72.8 Å².